The zero-order valence-corrected chi connectivity index (χ0v) is 15.4. The van der Waals surface area contributed by atoms with Crippen molar-refractivity contribution in [3.63, 3.8) is 0 Å². The van der Waals surface area contributed by atoms with Crippen molar-refractivity contribution in [2.45, 2.75) is 25.6 Å². The molecular formula is C19H17Cl2F2NO2. The molecule has 0 radical (unpaired) electrons. The Morgan fingerprint density at radius 2 is 2.00 bits per heavy atom. The van der Waals surface area contributed by atoms with Crippen LogP contribution in [0.5, 0.6) is 0 Å². The molecule has 0 aliphatic carbocycles. The number of carbonyl (C=O) groups excluding carboxylic acids is 1. The molecule has 26 heavy (non-hydrogen) atoms. The van der Waals surface area contributed by atoms with Crippen molar-refractivity contribution in [2.75, 3.05) is 13.1 Å². The summed E-state index contributed by atoms with van der Waals surface area (Å²) in [7, 11) is 0. The number of hydrogen-bond donors (Lipinski definition) is 0. The van der Waals surface area contributed by atoms with Crippen molar-refractivity contribution in [3.05, 3.63) is 69.2 Å². The first-order chi connectivity index (χ1) is 12.4. The number of hydrogen-bond acceptors (Lipinski definition) is 2. The Kier molecular flexibility index (Phi) is 6.12. The van der Waals surface area contributed by atoms with E-state index in [9.17, 15) is 13.6 Å². The van der Waals surface area contributed by atoms with E-state index in [0.717, 1.165) is 31.0 Å². The molecule has 1 fully saturated rings. The van der Waals surface area contributed by atoms with Gasteiger partial charge < -0.3 is 9.64 Å². The van der Waals surface area contributed by atoms with Gasteiger partial charge in [-0.25, -0.2) is 8.78 Å². The fraction of sp³-hybridized carbons (Fsp3) is 0.316. The average Bonchev–Trinajstić information content (AvgIpc) is 2.62. The van der Waals surface area contributed by atoms with Crippen LogP contribution in [0.4, 0.5) is 8.78 Å². The highest BCUT2D eigenvalue weighted by atomic mass is 35.5. The average molecular weight is 400 g/mol. The summed E-state index contributed by atoms with van der Waals surface area (Å²) in [5.74, 6) is -1.22. The zero-order valence-electron chi connectivity index (χ0n) is 13.9. The molecule has 0 bridgehead atoms. The maximum Gasteiger partial charge on any atom is 0.255 e. The van der Waals surface area contributed by atoms with E-state index in [1.165, 1.54) is 6.07 Å². The number of carbonyl (C=O) groups is 1. The Hall–Kier alpha value is -1.69. The van der Waals surface area contributed by atoms with Crippen molar-refractivity contribution >= 4 is 29.1 Å². The summed E-state index contributed by atoms with van der Waals surface area (Å²) < 4.78 is 32.6. The van der Waals surface area contributed by atoms with Crippen LogP contribution in [0.1, 0.15) is 28.8 Å². The number of piperidine rings is 1. The molecule has 1 atom stereocenters. The molecule has 1 saturated heterocycles. The standard InChI is InChI=1S/C19H17Cl2F2NO2/c20-13-3-5-16(17(21)9-13)19(25)24-7-1-2-15(10-24)26-11-12-8-14(22)4-6-18(12)23/h3-6,8-9,15H,1-2,7,10-11H2/t15-/m1/s1. The molecule has 1 amide bonds. The van der Waals surface area contributed by atoms with Crippen molar-refractivity contribution in [1.82, 2.24) is 4.90 Å². The molecule has 3 nitrogen and oxygen atoms in total. The number of benzene rings is 2. The molecule has 2 aromatic carbocycles. The van der Waals surface area contributed by atoms with Crippen LogP contribution >= 0.6 is 23.2 Å². The van der Waals surface area contributed by atoms with Gasteiger partial charge in [0.2, 0.25) is 0 Å². The number of likely N-dealkylation sites (tertiary alicyclic amines) is 1. The Morgan fingerprint density at radius 3 is 2.77 bits per heavy atom. The van der Waals surface area contributed by atoms with Crippen LogP contribution in [0.2, 0.25) is 10.0 Å². The molecule has 0 saturated carbocycles. The van der Waals surface area contributed by atoms with Crippen LogP contribution in [0, 0.1) is 11.6 Å². The summed E-state index contributed by atoms with van der Waals surface area (Å²) in [6, 6.07) is 8.00. The molecule has 1 aliphatic rings. The van der Waals surface area contributed by atoms with Gasteiger partial charge in [0.05, 0.1) is 23.3 Å². The van der Waals surface area contributed by atoms with Crippen LogP contribution in [0.3, 0.4) is 0 Å². The summed E-state index contributed by atoms with van der Waals surface area (Å²) in [5.41, 5.74) is 0.544. The van der Waals surface area contributed by atoms with E-state index in [0.29, 0.717) is 28.7 Å². The third-order valence-corrected chi connectivity index (χ3v) is 4.86. The minimum absolute atomic E-state index is 0.0437. The minimum Gasteiger partial charge on any atom is -0.372 e. The molecule has 2 aromatic rings. The Balaban J connectivity index is 1.63. The smallest absolute Gasteiger partial charge is 0.255 e. The highest BCUT2D eigenvalue weighted by Crippen LogP contribution is 2.24. The first-order valence-electron chi connectivity index (χ1n) is 8.24. The van der Waals surface area contributed by atoms with Gasteiger partial charge >= 0.3 is 0 Å². The lowest BCUT2D eigenvalue weighted by molar-refractivity contribution is -0.00769. The second-order valence-electron chi connectivity index (χ2n) is 6.19. The van der Waals surface area contributed by atoms with E-state index in [2.05, 4.69) is 0 Å². The second-order valence-corrected chi connectivity index (χ2v) is 7.03. The van der Waals surface area contributed by atoms with Gasteiger partial charge in [-0.05, 0) is 49.2 Å². The van der Waals surface area contributed by atoms with Gasteiger partial charge in [0.1, 0.15) is 11.6 Å². The first kappa shape index (κ1) is 19.1. The van der Waals surface area contributed by atoms with Crippen LogP contribution in [-0.2, 0) is 11.3 Å². The van der Waals surface area contributed by atoms with E-state index in [-0.39, 0.29) is 24.2 Å². The van der Waals surface area contributed by atoms with Gasteiger partial charge in [0, 0.05) is 23.7 Å². The van der Waals surface area contributed by atoms with E-state index in [1.54, 1.807) is 17.0 Å². The van der Waals surface area contributed by atoms with Crippen molar-refractivity contribution in [3.8, 4) is 0 Å². The minimum atomic E-state index is -0.511. The number of amides is 1. The third-order valence-electron chi connectivity index (χ3n) is 4.31. The molecule has 138 valence electrons. The van der Waals surface area contributed by atoms with Crippen LogP contribution in [0.25, 0.3) is 0 Å². The molecule has 3 rings (SSSR count). The summed E-state index contributed by atoms with van der Waals surface area (Å²) in [6.07, 6.45) is 1.25. The molecule has 0 spiro atoms. The van der Waals surface area contributed by atoms with Crippen LogP contribution in [-0.4, -0.2) is 30.0 Å². The summed E-state index contributed by atoms with van der Waals surface area (Å²) >= 11 is 12.0. The zero-order chi connectivity index (χ0) is 18.7. The molecule has 1 aliphatic heterocycles. The maximum atomic E-state index is 13.7. The summed E-state index contributed by atoms with van der Waals surface area (Å²) in [5, 5.41) is 0.760. The lowest BCUT2D eigenvalue weighted by atomic mass is 10.1. The van der Waals surface area contributed by atoms with E-state index in [1.807, 2.05) is 0 Å². The molecule has 7 heteroatoms. The number of rotatable bonds is 4. The molecule has 0 unspecified atom stereocenters. The highest BCUT2D eigenvalue weighted by molar-refractivity contribution is 6.36. The van der Waals surface area contributed by atoms with Gasteiger partial charge in [-0.1, -0.05) is 23.2 Å². The van der Waals surface area contributed by atoms with Crippen molar-refractivity contribution < 1.29 is 18.3 Å². The van der Waals surface area contributed by atoms with E-state index < -0.39 is 11.6 Å². The molecule has 0 aromatic heterocycles. The molecular weight excluding hydrogens is 383 g/mol. The topological polar surface area (TPSA) is 29.5 Å². The summed E-state index contributed by atoms with van der Waals surface area (Å²) in [6.45, 7) is 0.915. The fourth-order valence-electron chi connectivity index (χ4n) is 2.95. The maximum absolute atomic E-state index is 13.7. The number of nitrogens with zero attached hydrogens (tertiary/aromatic N) is 1. The van der Waals surface area contributed by atoms with Gasteiger partial charge in [0.25, 0.3) is 5.91 Å². The van der Waals surface area contributed by atoms with Crippen LogP contribution < -0.4 is 0 Å². The predicted molar refractivity (Wildman–Crippen MR) is 96.5 cm³/mol. The molecule has 0 N–H and O–H groups in total. The lowest BCUT2D eigenvalue weighted by Gasteiger charge is -2.33. The largest absolute Gasteiger partial charge is 0.372 e. The lowest BCUT2D eigenvalue weighted by Crippen LogP contribution is -2.43. The predicted octanol–water partition coefficient (Wildman–Crippen LogP) is 5.09. The third kappa shape index (κ3) is 4.53. The number of ether oxygens (including phenoxy) is 1. The van der Waals surface area contributed by atoms with E-state index in [4.69, 9.17) is 27.9 Å². The van der Waals surface area contributed by atoms with E-state index >= 15 is 0 Å². The van der Waals surface area contributed by atoms with Gasteiger partial charge in [-0.3, -0.25) is 4.79 Å². The number of halogens is 4. The first-order valence-corrected chi connectivity index (χ1v) is 8.99. The second kappa shape index (κ2) is 8.33. The normalized spacial score (nSPS) is 17.4. The SMILES string of the molecule is O=C(c1ccc(Cl)cc1Cl)N1CCC[C@@H](OCc2cc(F)ccc2F)C1. The molecule has 1 heterocycles. The fourth-order valence-corrected chi connectivity index (χ4v) is 3.44. The Morgan fingerprint density at radius 1 is 1.19 bits per heavy atom. The van der Waals surface area contributed by atoms with Crippen molar-refractivity contribution in [2.24, 2.45) is 0 Å². The quantitative estimate of drug-likeness (QED) is 0.716. The summed E-state index contributed by atoms with van der Waals surface area (Å²) in [4.78, 5) is 14.3. The van der Waals surface area contributed by atoms with Gasteiger partial charge in [-0.15, -0.1) is 0 Å². The Labute approximate surface area is 160 Å². The van der Waals surface area contributed by atoms with Crippen LogP contribution in [0.15, 0.2) is 36.4 Å². The van der Waals surface area contributed by atoms with Gasteiger partial charge in [0.15, 0.2) is 0 Å². The monoisotopic (exact) mass is 399 g/mol. The van der Waals surface area contributed by atoms with Crippen molar-refractivity contribution in [1.29, 1.82) is 0 Å². The Bertz CT molecular complexity index is 816. The van der Waals surface area contributed by atoms with Gasteiger partial charge in [-0.2, -0.15) is 0 Å². The highest BCUT2D eigenvalue weighted by Gasteiger charge is 2.26.